The van der Waals surface area contributed by atoms with Gasteiger partial charge in [-0.3, -0.25) is 19.3 Å². The molecule has 0 bridgehead atoms. The lowest BCUT2D eigenvalue weighted by molar-refractivity contribution is -0.147. The number of nitrogens with one attached hydrogen (secondary N) is 1. The van der Waals surface area contributed by atoms with Crippen LogP contribution in [0.5, 0.6) is 0 Å². The van der Waals surface area contributed by atoms with Gasteiger partial charge in [0, 0.05) is 22.8 Å². The second kappa shape index (κ2) is 5.97. The molecule has 20 heavy (non-hydrogen) atoms. The summed E-state index contributed by atoms with van der Waals surface area (Å²) >= 11 is 7.53. The molecule has 2 rings (SSSR count). The van der Waals surface area contributed by atoms with Crippen LogP contribution < -0.4 is 5.32 Å². The van der Waals surface area contributed by atoms with Gasteiger partial charge in [0.2, 0.25) is 5.91 Å². The highest BCUT2D eigenvalue weighted by molar-refractivity contribution is 9.10. The Hall–Kier alpha value is -1.34. The second-order valence-electron chi connectivity index (χ2n) is 4.52. The van der Waals surface area contributed by atoms with Crippen molar-refractivity contribution in [1.29, 1.82) is 0 Å². The summed E-state index contributed by atoms with van der Waals surface area (Å²) in [4.78, 5) is 37.0. The Balaban J connectivity index is 2.12. The zero-order valence-electron chi connectivity index (χ0n) is 10.7. The van der Waals surface area contributed by atoms with Crippen molar-refractivity contribution in [3.8, 4) is 0 Å². The van der Waals surface area contributed by atoms with Crippen LogP contribution in [0.15, 0.2) is 27.6 Å². The molecule has 7 heteroatoms. The van der Waals surface area contributed by atoms with Crippen molar-refractivity contribution in [2.75, 3.05) is 7.05 Å². The van der Waals surface area contributed by atoms with Crippen molar-refractivity contribution < 1.29 is 14.4 Å². The average Bonchev–Trinajstić information content (AvgIpc) is 2.39. The molecule has 0 radical (unpaired) electrons. The molecule has 1 atom stereocenters. The first-order chi connectivity index (χ1) is 9.40. The Kier molecular flexibility index (Phi) is 4.49. The smallest absolute Gasteiger partial charge is 0.253 e. The highest BCUT2D eigenvalue weighted by atomic mass is 79.9. The largest absolute Gasteiger partial charge is 0.340 e. The molecule has 1 saturated heterocycles. The van der Waals surface area contributed by atoms with E-state index >= 15 is 0 Å². The van der Waals surface area contributed by atoms with Crippen LogP contribution in [-0.2, 0) is 9.59 Å². The Labute approximate surface area is 130 Å². The maximum Gasteiger partial charge on any atom is 0.253 e. The number of amides is 3. The molecule has 1 aromatic carbocycles. The van der Waals surface area contributed by atoms with Gasteiger partial charge in [-0.05, 0) is 24.6 Å². The normalized spacial score (nSPS) is 19.1. The van der Waals surface area contributed by atoms with E-state index < -0.39 is 6.04 Å². The van der Waals surface area contributed by atoms with Gasteiger partial charge in [-0.2, -0.15) is 0 Å². The van der Waals surface area contributed by atoms with E-state index in [0.29, 0.717) is 16.9 Å². The number of carbonyl (C=O) groups excluding carboxylic acids is 3. The van der Waals surface area contributed by atoms with E-state index in [1.165, 1.54) is 7.05 Å². The standard InChI is InChI=1S/C13H13BrN2O3S/c1-16-11(17)5-4-9(13(16)19)15-12(18)8-3-2-7(14)6-10(8)20/h2-3,6,9,20H,4-5H2,1H3,(H,15,18). The molecule has 0 spiro atoms. The first-order valence-corrected chi connectivity index (χ1v) is 7.24. The number of nitrogens with zero attached hydrogens (tertiary/aromatic N) is 1. The third-order valence-electron chi connectivity index (χ3n) is 3.16. The number of hydrogen-bond acceptors (Lipinski definition) is 4. The van der Waals surface area contributed by atoms with Crippen molar-refractivity contribution >= 4 is 46.3 Å². The summed E-state index contributed by atoms with van der Waals surface area (Å²) < 4.78 is 0.818. The van der Waals surface area contributed by atoms with E-state index in [0.717, 1.165) is 9.37 Å². The molecule has 0 aliphatic carbocycles. The minimum Gasteiger partial charge on any atom is -0.340 e. The summed E-state index contributed by atoms with van der Waals surface area (Å²) in [5.41, 5.74) is 0.392. The summed E-state index contributed by atoms with van der Waals surface area (Å²) in [7, 11) is 1.42. The van der Waals surface area contributed by atoms with Crippen LogP contribution in [0, 0.1) is 0 Å². The minimum atomic E-state index is -0.665. The van der Waals surface area contributed by atoms with E-state index in [2.05, 4.69) is 33.9 Å². The van der Waals surface area contributed by atoms with E-state index in [9.17, 15) is 14.4 Å². The first kappa shape index (κ1) is 15.1. The third kappa shape index (κ3) is 3.04. The molecule has 1 unspecified atom stereocenters. The van der Waals surface area contributed by atoms with Gasteiger partial charge in [0.1, 0.15) is 6.04 Å². The fraction of sp³-hybridized carbons (Fsp3) is 0.308. The van der Waals surface area contributed by atoms with Crippen LogP contribution in [0.25, 0.3) is 0 Å². The predicted molar refractivity (Wildman–Crippen MR) is 79.7 cm³/mol. The first-order valence-electron chi connectivity index (χ1n) is 6.00. The minimum absolute atomic E-state index is 0.223. The second-order valence-corrected chi connectivity index (χ2v) is 5.91. The number of rotatable bonds is 2. The zero-order valence-corrected chi connectivity index (χ0v) is 13.2. The van der Waals surface area contributed by atoms with Crippen LogP contribution in [0.2, 0.25) is 0 Å². The number of halogens is 1. The predicted octanol–water partition coefficient (Wildman–Crippen LogP) is 1.61. The fourth-order valence-electron chi connectivity index (χ4n) is 1.98. The Morgan fingerprint density at radius 2 is 2.15 bits per heavy atom. The van der Waals surface area contributed by atoms with Crippen LogP contribution in [0.4, 0.5) is 0 Å². The number of likely N-dealkylation sites (tertiary alicyclic amines) is 1. The lowest BCUT2D eigenvalue weighted by Crippen LogP contribution is -2.52. The third-order valence-corrected chi connectivity index (χ3v) is 4.02. The van der Waals surface area contributed by atoms with Crippen molar-refractivity contribution in [3.63, 3.8) is 0 Å². The maximum atomic E-state index is 12.1. The molecule has 1 aliphatic heterocycles. The molecule has 106 valence electrons. The molecule has 5 nitrogen and oxygen atoms in total. The maximum absolute atomic E-state index is 12.1. The van der Waals surface area contributed by atoms with Crippen LogP contribution in [0.1, 0.15) is 23.2 Å². The SMILES string of the molecule is CN1C(=O)CCC(NC(=O)c2ccc(Br)cc2S)C1=O. The molecular formula is C13H13BrN2O3S. The molecule has 0 aromatic heterocycles. The average molecular weight is 357 g/mol. The van der Waals surface area contributed by atoms with E-state index in [4.69, 9.17) is 0 Å². The molecule has 1 aromatic rings. The number of hydrogen-bond donors (Lipinski definition) is 2. The van der Waals surface area contributed by atoms with E-state index in [-0.39, 0.29) is 24.1 Å². The quantitative estimate of drug-likeness (QED) is 0.624. The van der Waals surface area contributed by atoms with Crippen molar-refractivity contribution in [2.24, 2.45) is 0 Å². The number of carbonyl (C=O) groups is 3. The number of likely N-dealkylation sites (N-methyl/N-ethyl adjacent to an activating group) is 1. The summed E-state index contributed by atoms with van der Waals surface area (Å²) in [5, 5.41) is 2.65. The number of thiol groups is 1. The summed E-state index contributed by atoms with van der Waals surface area (Å²) in [6.07, 6.45) is 0.577. The Bertz CT molecular complexity index is 591. The van der Waals surface area contributed by atoms with Gasteiger partial charge in [-0.15, -0.1) is 12.6 Å². The van der Waals surface area contributed by atoms with Gasteiger partial charge in [0.25, 0.3) is 11.8 Å². The van der Waals surface area contributed by atoms with Gasteiger partial charge in [-0.25, -0.2) is 0 Å². The van der Waals surface area contributed by atoms with Crippen LogP contribution >= 0.6 is 28.6 Å². The van der Waals surface area contributed by atoms with E-state index in [1.807, 2.05) is 0 Å². The highest BCUT2D eigenvalue weighted by Crippen LogP contribution is 2.20. The monoisotopic (exact) mass is 356 g/mol. The topological polar surface area (TPSA) is 66.5 Å². The van der Waals surface area contributed by atoms with Gasteiger partial charge in [0.05, 0.1) is 5.56 Å². The Morgan fingerprint density at radius 3 is 2.80 bits per heavy atom. The summed E-state index contributed by atoms with van der Waals surface area (Å²) in [6, 6.07) is 4.40. The van der Waals surface area contributed by atoms with Crippen molar-refractivity contribution in [2.45, 2.75) is 23.8 Å². The Morgan fingerprint density at radius 1 is 1.45 bits per heavy atom. The van der Waals surface area contributed by atoms with Crippen molar-refractivity contribution in [3.05, 3.63) is 28.2 Å². The summed E-state index contributed by atoms with van der Waals surface area (Å²) in [5.74, 6) is -0.977. The molecule has 1 heterocycles. The fourth-order valence-corrected chi connectivity index (χ4v) is 2.84. The van der Waals surface area contributed by atoms with Crippen molar-refractivity contribution in [1.82, 2.24) is 10.2 Å². The molecular weight excluding hydrogens is 344 g/mol. The number of imide groups is 1. The van der Waals surface area contributed by atoms with Gasteiger partial charge in [0.15, 0.2) is 0 Å². The molecule has 3 amide bonds. The number of piperidine rings is 1. The molecule has 1 aliphatic rings. The van der Waals surface area contributed by atoms with Crippen LogP contribution in [-0.4, -0.2) is 35.7 Å². The highest BCUT2D eigenvalue weighted by Gasteiger charge is 2.33. The van der Waals surface area contributed by atoms with E-state index in [1.54, 1.807) is 18.2 Å². The molecule has 0 saturated carbocycles. The van der Waals surface area contributed by atoms with Crippen LogP contribution in [0.3, 0.4) is 0 Å². The summed E-state index contributed by atoms with van der Waals surface area (Å²) in [6.45, 7) is 0. The zero-order chi connectivity index (χ0) is 14.9. The lowest BCUT2D eigenvalue weighted by Gasteiger charge is -2.28. The number of benzene rings is 1. The van der Waals surface area contributed by atoms with Gasteiger partial charge in [-0.1, -0.05) is 15.9 Å². The lowest BCUT2D eigenvalue weighted by atomic mass is 10.0. The molecule has 1 N–H and O–H groups in total. The van der Waals surface area contributed by atoms with Gasteiger partial charge >= 0.3 is 0 Å². The molecule has 1 fully saturated rings. The van der Waals surface area contributed by atoms with Gasteiger partial charge < -0.3 is 5.32 Å².